The Balaban J connectivity index is 1.58. The Morgan fingerprint density at radius 1 is 1.07 bits per heavy atom. The first-order valence-electron chi connectivity index (χ1n) is 8.70. The summed E-state index contributed by atoms with van der Waals surface area (Å²) in [6.45, 7) is 4.41. The molecule has 0 aliphatic carbocycles. The molecule has 1 aromatic carbocycles. The lowest BCUT2D eigenvalue weighted by Crippen LogP contribution is -2.36. The van der Waals surface area contributed by atoms with E-state index in [-0.39, 0.29) is 24.9 Å². The van der Waals surface area contributed by atoms with Crippen molar-refractivity contribution >= 4 is 11.8 Å². The fourth-order valence-corrected chi connectivity index (χ4v) is 2.85. The number of aromatic nitrogens is 2. The molecule has 3 aromatic rings. The molecule has 0 aliphatic heterocycles. The van der Waals surface area contributed by atoms with Gasteiger partial charge in [0, 0.05) is 5.69 Å². The summed E-state index contributed by atoms with van der Waals surface area (Å²) in [5, 5.41) is 9.81. The van der Waals surface area contributed by atoms with E-state index < -0.39 is 0 Å². The Morgan fingerprint density at radius 3 is 2.56 bits per heavy atom. The number of hydrogen-bond acceptors (Lipinski definition) is 4. The van der Waals surface area contributed by atoms with Gasteiger partial charge in [-0.15, -0.1) is 0 Å². The molecule has 2 aromatic heterocycles. The van der Waals surface area contributed by atoms with Crippen molar-refractivity contribution in [3.8, 4) is 0 Å². The molecule has 0 spiro atoms. The van der Waals surface area contributed by atoms with Crippen molar-refractivity contribution in [3.05, 3.63) is 77.0 Å². The molecule has 0 atom stereocenters. The summed E-state index contributed by atoms with van der Waals surface area (Å²) in [5.41, 5.74) is 3.01. The van der Waals surface area contributed by atoms with Crippen LogP contribution in [-0.4, -0.2) is 28.1 Å². The molecule has 2 N–H and O–H groups in total. The van der Waals surface area contributed by atoms with Crippen LogP contribution in [0.4, 0.5) is 0 Å². The van der Waals surface area contributed by atoms with Crippen molar-refractivity contribution in [1.29, 1.82) is 0 Å². The summed E-state index contributed by atoms with van der Waals surface area (Å²) >= 11 is 0. The maximum atomic E-state index is 12.5. The fourth-order valence-electron chi connectivity index (χ4n) is 2.85. The molecule has 27 heavy (non-hydrogen) atoms. The highest BCUT2D eigenvalue weighted by Crippen LogP contribution is 2.14. The first-order valence-corrected chi connectivity index (χ1v) is 8.70. The normalized spacial score (nSPS) is 10.6. The van der Waals surface area contributed by atoms with Crippen LogP contribution in [0.25, 0.3) is 0 Å². The van der Waals surface area contributed by atoms with E-state index in [9.17, 15) is 9.59 Å². The quantitative estimate of drug-likeness (QED) is 0.671. The van der Waals surface area contributed by atoms with Crippen LogP contribution in [0.15, 0.2) is 53.1 Å². The molecular formula is C20H22N4O3. The molecule has 0 bridgehead atoms. The summed E-state index contributed by atoms with van der Waals surface area (Å²) in [6, 6.07) is 13.4. The molecule has 2 heterocycles. The van der Waals surface area contributed by atoms with Crippen molar-refractivity contribution in [2.75, 3.05) is 6.54 Å². The zero-order valence-electron chi connectivity index (χ0n) is 15.4. The number of hydrogen-bond donors (Lipinski definition) is 2. The SMILES string of the molecule is Cc1nn(Cc2ccccc2)c(C)c1C(=O)NCC(=O)NCc1ccco1. The van der Waals surface area contributed by atoms with E-state index in [2.05, 4.69) is 15.7 Å². The predicted octanol–water partition coefficient (Wildman–Crippen LogP) is 2.19. The van der Waals surface area contributed by atoms with Crippen LogP contribution < -0.4 is 10.6 Å². The van der Waals surface area contributed by atoms with Gasteiger partial charge in [-0.1, -0.05) is 30.3 Å². The lowest BCUT2D eigenvalue weighted by molar-refractivity contribution is -0.120. The predicted molar refractivity (Wildman–Crippen MR) is 100 cm³/mol. The van der Waals surface area contributed by atoms with Crippen LogP contribution in [0.1, 0.15) is 33.1 Å². The number of furan rings is 1. The van der Waals surface area contributed by atoms with Gasteiger partial charge in [0.15, 0.2) is 0 Å². The molecule has 0 radical (unpaired) electrons. The van der Waals surface area contributed by atoms with Crippen LogP contribution in [0, 0.1) is 13.8 Å². The lowest BCUT2D eigenvalue weighted by Gasteiger charge is -2.07. The topological polar surface area (TPSA) is 89.2 Å². The molecule has 0 fully saturated rings. The van der Waals surface area contributed by atoms with Crippen molar-refractivity contribution < 1.29 is 14.0 Å². The number of nitrogens with one attached hydrogen (secondary N) is 2. The second kappa shape index (κ2) is 8.35. The minimum absolute atomic E-state index is 0.109. The van der Waals surface area contributed by atoms with Crippen LogP contribution in [0.3, 0.4) is 0 Å². The first kappa shape index (κ1) is 18.4. The molecular weight excluding hydrogens is 344 g/mol. The van der Waals surface area contributed by atoms with Crippen molar-refractivity contribution in [2.24, 2.45) is 0 Å². The second-order valence-corrected chi connectivity index (χ2v) is 6.23. The Morgan fingerprint density at radius 2 is 1.85 bits per heavy atom. The van der Waals surface area contributed by atoms with Gasteiger partial charge in [0.2, 0.25) is 5.91 Å². The summed E-state index contributed by atoms with van der Waals surface area (Å²) in [7, 11) is 0. The number of benzene rings is 1. The van der Waals surface area contributed by atoms with Crippen LogP contribution in [-0.2, 0) is 17.9 Å². The van der Waals surface area contributed by atoms with E-state index in [1.165, 1.54) is 0 Å². The smallest absolute Gasteiger partial charge is 0.255 e. The molecule has 3 rings (SSSR count). The third-order valence-electron chi connectivity index (χ3n) is 4.23. The van der Waals surface area contributed by atoms with Gasteiger partial charge in [-0.05, 0) is 31.5 Å². The number of aryl methyl sites for hydroxylation is 1. The lowest BCUT2D eigenvalue weighted by atomic mass is 10.1. The third kappa shape index (κ3) is 4.63. The average Bonchev–Trinajstić information content (AvgIpc) is 3.27. The highest BCUT2D eigenvalue weighted by atomic mass is 16.3. The first-order chi connectivity index (χ1) is 13.0. The minimum Gasteiger partial charge on any atom is -0.467 e. The summed E-state index contributed by atoms with van der Waals surface area (Å²) < 4.78 is 6.95. The van der Waals surface area contributed by atoms with Gasteiger partial charge in [0.25, 0.3) is 5.91 Å². The zero-order valence-corrected chi connectivity index (χ0v) is 15.4. The molecule has 140 valence electrons. The van der Waals surface area contributed by atoms with Crippen LogP contribution in [0.2, 0.25) is 0 Å². The maximum absolute atomic E-state index is 12.5. The van der Waals surface area contributed by atoms with Gasteiger partial charge in [0.1, 0.15) is 5.76 Å². The maximum Gasteiger partial charge on any atom is 0.255 e. The number of carbonyl (C=O) groups excluding carboxylic acids is 2. The average molecular weight is 366 g/mol. The minimum atomic E-state index is -0.308. The molecule has 0 unspecified atom stereocenters. The van der Waals surface area contributed by atoms with Crippen molar-refractivity contribution in [3.63, 3.8) is 0 Å². The Kier molecular flexibility index (Phi) is 5.71. The van der Waals surface area contributed by atoms with E-state index in [0.29, 0.717) is 23.6 Å². The van der Waals surface area contributed by atoms with E-state index in [1.54, 1.807) is 30.0 Å². The van der Waals surface area contributed by atoms with E-state index >= 15 is 0 Å². The molecule has 7 heteroatoms. The highest BCUT2D eigenvalue weighted by molar-refractivity contribution is 5.98. The van der Waals surface area contributed by atoms with Crippen molar-refractivity contribution in [2.45, 2.75) is 26.9 Å². The Hall–Kier alpha value is -3.35. The highest BCUT2D eigenvalue weighted by Gasteiger charge is 2.19. The van der Waals surface area contributed by atoms with Crippen molar-refractivity contribution in [1.82, 2.24) is 20.4 Å². The van der Waals surface area contributed by atoms with Gasteiger partial charge in [-0.25, -0.2) is 0 Å². The number of nitrogens with zero attached hydrogens (tertiary/aromatic N) is 2. The molecule has 7 nitrogen and oxygen atoms in total. The molecule has 0 aliphatic rings. The van der Waals surface area contributed by atoms with E-state index in [1.807, 2.05) is 37.3 Å². The second-order valence-electron chi connectivity index (χ2n) is 6.23. The zero-order chi connectivity index (χ0) is 19.2. The Labute approximate surface area is 157 Å². The molecule has 0 saturated heterocycles. The van der Waals surface area contributed by atoms with Crippen LogP contribution >= 0.6 is 0 Å². The van der Waals surface area contributed by atoms with E-state index in [4.69, 9.17) is 4.42 Å². The monoisotopic (exact) mass is 366 g/mol. The van der Waals surface area contributed by atoms with Gasteiger partial charge in [-0.3, -0.25) is 14.3 Å². The van der Waals surface area contributed by atoms with E-state index in [0.717, 1.165) is 11.3 Å². The number of rotatable bonds is 7. The van der Waals surface area contributed by atoms with Gasteiger partial charge >= 0.3 is 0 Å². The number of amides is 2. The fraction of sp³-hybridized carbons (Fsp3) is 0.250. The summed E-state index contributed by atoms with van der Waals surface area (Å²) in [4.78, 5) is 24.4. The van der Waals surface area contributed by atoms with Crippen LogP contribution in [0.5, 0.6) is 0 Å². The third-order valence-corrected chi connectivity index (χ3v) is 4.23. The Bertz CT molecular complexity index is 914. The molecule has 0 saturated carbocycles. The van der Waals surface area contributed by atoms with Gasteiger partial charge in [-0.2, -0.15) is 5.10 Å². The largest absolute Gasteiger partial charge is 0.467 e. The summed E-state index contributed by atoms with van der Waals surface area (Å²) in [5.74, 6) is 0.0627. The summed E-state index contributed by atoms with van der Waals surface area (Å²) in [6.07, 6.45) is 1.54. The van der Waals surface area contributed by atoms with Gasteiger partial charge < -0.3 is 15.1 Å². The van der Waals surface area contributed by atoms with Gasteiger partial charge in [0.05, 0.1) is 37.2 Å². The number of carbonyl (C=O) groups is 2. The standard InChI is InChI=1S/C20H22N4O3/c1-14-19(15(2)24(23-14)13-16-7-4-3-5-8-16)20(26)22-12-18(25)21-11-17-9-6-10-27-17/h3-10H,11-13H2,1-2H3,(H,21,25)(H,22,26). The molecule has 2 amide bonds.